The van der Waals surface area contributed by atoms with Crippen LogP contribution < -0.4 is 0 Å². The first-order valence-corrected chi connectivity index (χ1v) is 12.4. The minimum atomic E-state index is -0.967. The molecule has 1 aliphatic rings. The molecule has 1 fully saturated rings. The Morgan fingerprint density at radius 2 is 1.19 bits per heavy atom. The van der Waals surface area contributed by atoms with Gasteiger partial charge in [-0.05, 0) is 16.7 Å². The number of carbonyl (C=O) groups excluding carboxylic acids is 1. The lowest BCUT2D eigenvalue weighted by atomic mass is 9.98. The molecule has 0 unspecified atom stereocenters. The van der Waals surface area contributed by atoms with E-state index in [-0.39, 0.29) is 6.61 Å². The summed E-state index contributed by atoms with van der Waals surface area (Å²) in [6, 6.07) is 29.7. The van der Waals surface area contributed by atoms with Gasteiger partial charge in [-0.1, -0.05) is 91.0 Å². The van der Waals surface area contributed by atoms with Gasteiger partial charge in [0.15, 0.2) is 0 Å². The molecule has 0 saturated carbocycles. The molecule has 7 nitrogen and oxygen atoms in total. The van der Waals surface area contributed by atoms with Crippen molar-refractivity contribution in [2.45, 2.75) is 57.5 Å². The fraction of sp³-hybridized carbons (Fsp3) is 0.367. The third-order valence-corrected chi connectivity index (χ3v) is 6.11. The Balaban J connectivity index is 1.55. The molecule has 37 heavy (non-hydrogen) atoms. The van der Waals surface area contributed by atoms with E-state index in [1.54, 1.807) is 7.11 Å². The molecule has 0 aliphatic carbocycles. The van der Waals surface area contributed by atoms with E-state index in [0.29, 0.717) is 19.8 Å². The highest BCUT2D eigenvalue weighted by molar-refractivity contribution is 5.66. The Bertz CT molecular complexity index is 1060. The first-order chi connectivity index (χ1) is 18.1. The Kier molecular flexibility index (Phi) is 10.2. The molecule has 0 spiro atoms. The van der Waals surface area contributed by atoms with Crippen molar-refractivity contribution in [1.29, 1.82) is 0 Å². The van der Waals surface area contributed by atoms with Crippen molar-refractivity contribution in [2.24, 2.45) is 0 Å². The molecule has 1 aliphatic heterocycles. The second-order valence-electron chi connectivity index (χ2n) is 8.88. The van der Waals surface area contributed by atoms with Crippen LogP contribution >= 0.6 is 0 Å². The van der Waals surface area contributed by atoms with E-state index in [0.717, 1.165) is 16.7 Å². The van der Waals surface area contributed by atoms with Crippen LogP contribution in [0.3, 0.4) is 0 Å². The van der Waals surface area contributed by atoms with Crippen molar-refractivity contribution in [1.82, 2.24) is 0 Å². The van der Waals surface area contributed by atoms with Crippen LogP contribution in [0.1, 0.15) is 23.6 Å². The standard InChI is InChI=1S/C30H34O7/c1-22(31)36-30-29(32-2)28(35-20-25-16-10-5-11-17-25)27(34-19-24-14-8-4-9-15-24)26(37-30)21-33-18-23-12-6-3-7-13-23/h3-17,26-30H,18-21H2,1-2H3/t26-,27+,28+,29-,30-/m1/s1. The van der Waals surface area contributed by atoms with E-state index in [4.69, 9.17) is 28.4 Å². The fourth-order valence-corrected chi connectivity index (χ4v) is 4.31. The van der Waals surface area contributed by atoms with Gasteiger partial charge in [0.25, 0.3) is 0 Å². The van der Waals surface area contributed by atoms with Crippen LogP contribution in [0, 0.1) is 0 Å². The topological polar surface area (TPSA) is 72.5 Å². The van der Waals surface area contributed by atoms with E-state index >= 15 is 0 Å². The van der Waals surface area contributed by atoms with Crippen LogP contribution in [-0.4, -0.2) is 50.4 Å². The molecule has 1 heterocycles. The molecular weight excluding hydrogens is 472 g/mol. The number of methoxy groups -OCH3 is 1. The monoisotopic (exact) mass is 506 g/mol. The number of esters is 1. The van der Waals surface area contributed by atoms with Gasteiger partial charge in [-0.2, -0.15) is 0 Å². The van der Waals surface area contributed by atoms with Gasteiger partial charge in [0.05, 0.1) is 26.4 Å². The van der Waals surface area contributed by atoms with Gasteiger partial charge in [0.2, 0.25) is 6.29 Å². The zero-order chi connectivity index (χ0) is 25.9. The first-order valence-electron chi connectivity index (χ1n) is 12.4. The summed E-state index contributed by atoms with van der Waals surface area (Å²) in [5, 5.41) is 0. The molecule has 1 saturated heterocycles. The number of carbonyl (C=O) groups is 1. The predicted octanol–water partition coefficient (Wildman–Crippen LogP) is 4.68. The third-order valence-electron chi connectivity index (χ3n) is 6.11. The molecule has 0 aromatic heterocycles. The van der Waals surface area contributed by atoms with Crippen molar-refractivity contribution in [3.63, 3.8) is 0 Å². The van der Waals surface area contributed by atoms with Gasteiger partial charge in [0, 0.05) is 14.0 Å². The highest BCUT2D eigenvalue weighted by Crippen LogP contribution is 2.30. The highest BCUT2D eigenvalue weighted by atomic mass is 16.7. The van der Waals surface area contributed by atoms with Gasteiger partial charge in [-0.15, -0.1) is 0 Å². The molecule has 0 radical (unpaired) electrons. The lowest BCUT2D eigenvalue weighted by molar-refractivity contribution is -0.314. The number of hydrogen-bond acceptors (Lipinski definition) is 7. The van der Waals surface area contributed by atoms with Crippen molar-refractivity contribution < 1.29 is 33.2 Å². The van der Waals surface area contributed by atoms with Crippen molar-refractivity contribution in [3.8, 4) is 0 Å². The molecule has 7 heteroatoms. The van der Waals surface area contributed by atoms with Crippen molar-refractivity contribution in [3.05, 3.63) is 108 Å². The quantitative estimate of drug-likeness (QED) is 0.331. The zero-order valence-electron chi connectivity index (χ0n) is 21.2. The maximum Gasteiger partial charge on any atom is 0.305 e. The highest BCUT2D eigenvalue weighted by Gasteiger charge is 2.49. The molecule has 5 atom stereocenters. The average molecular weight is 507 g/mol. The summed E-state index contributed by atoms with van der Waals surface area (Å²) < 4.78 is 36.3. The summed E-state index contributed by atoms with van der Waals surface area (Å²) in [5.74, 6) is -0.471. The molecule has 196 valence electrons. The van der Waals surface area contributed by atoms with Crippen LogP contribution in [0.4, 0.5) is 0 Å². The van der Waals surface area contributed by atoms with Gasteiger partial charge in [-0.25, -0.2) is 0 Å². The molecule has 0 amide bonds. The summed E-state index contributed by atoms with van der Waals surface area (Å²) in [5.41, 5.74) is 3.07. The number of ether oxygens (including phenoxy) is 6. The maximum atomic E-state index is 11.9. The van der Waals surface area contributed by atoms with Crippen molar-refractivity contribution in [2.75, 3.05) is 13.7 Å². The second kappa shape index (κ2) is 14.0. The van der Waals surface area contributed by atoms with Gasteiger partial charge >= 0.3 is 5.97 Å². The number of benzene rings is 3. The number of hydrogen-bond donors (Lipinski definition) is 0. The summed E-state index contributed by atoms with van der Waals surface area (Å²) in [6.07, 6.45) is -3.36. The molecule has 4 rings (SSSR count). The SMILES string of the molecule is CO[C@H]1[C@H](OC(C)=O)O[C@H](COCc2ccccc2)[C@H](OCc2ccccc2)[C@@H]1OCc1ccccc1. The van der Waals surface area contributed by atoms with Crippen LogP contribution in [0.15, 0.2) is 91.0 Å². The van der Waals surface area contributed by atoms with Crippen LogP contribution in [0.5, 0.6) is 0 Å². The van der Waals surface area contributed by atoms with E-state index in [2.05, 4.69) is 0 Å². The minimum absolute atomic E-state index is 0.216. The minimum Gasteiger partial charge on any atom is -0.433 e. The lowest BCUT2D eigenvalue weighted by Gasteiger charge is -2.45. The Morgan fingerprint density at radius 1 is 0.703 bits per heavy atom. The normalized spacial score (nSPS) is 23.5. The Labute approximate surface area is 218 Å². The summed E-state index contributed by atoms with van der Waals surface area (Å²) >= 11 is 0. The Morgan fingerprint density at radius 3 is 1.68 bits per heavy atom. The zero-order valence-corrected chi connectivity index (χ0v) is 21.2. The molecule has 0 N–H and O–H groups in total. The fourth-order valence-electron chi connectivity index (χ4n) is 4.31. The summed E-state index contributed by atoms with van der Waals surface area (Å²) in [4.78, 5) is 11.9. The first kappa shape index (κ1) is 27.0. The molecule has 3 aromatic rings. The molecule has 3 aromatic carbocycles. The second-order valence-corrected chi connectivity index (χ2v) is 8.88. The van der Waals surface area contributed by atoms with Crippen LogP contribution in [0.25, 0.3) is 0 Å². The van der Waals surface area contributed by atoms with Gasteiger partial charge in [-0.3, -0.25) is 4.79 Å². The maximum absolute atomic E-state index is 11.9. The summed E-state index contributed by atoms with van der Waals surface area (Å²) in [7, 11) is 1.55. The predicted molar refractivity (Wildman–Crippen MR) is 137 cm³/mol. The van der Waals surface area contributed by atoms with E-state index in [9.17, 15) is 4.79 Å². The lowest BCUT2D eigenvalue weighted by Crippen LogP contribution is -2.61. The van der Waals surface area contributed by atoms with Gasteiger partial charge < -0.3 is 28.4 Å². The van der Waals surface area contributed by atoms with Gasteiger partial charge in [0.1, 0.15) is 24.4 Å². The Hall–Kier alpha value is -3.07. The van der Waals surface area contributed by atoms with E-state index in [1.807, 2.05) is 91.0 Å². The summed E-state index contributed by atoms with van der Waals surface area (Å²) in [6.45, 7) is 2.65. The van der Waals surface area contributed by atoms with E-state index < -0.39 is 36.7 Å². The smallest absolute Gasteiger partial charge is 0.305 e. The van der Waals surface area contributed by atoms with E-state index in [1.165, 1.54) is 6.92 Å². The number of rotatable bonds is 12. The molecular formula is C30H34O7. The van der Waals surface area contributed by atoms with Crippen LogP contribution in [0.2, 0.25) is 0 Å². The van der Waals surface area contributed by atoms with Crippen LogP contribution in [-0.2, 0) is 53.0 Å². The van der Waals surface area contributed by atoms with Crippen molar-refractivity contribution >= 4 is 5.97 Å². The average Bonchev–Trinajstić information content (AvgIpc) is 2.92. The third kappa shape index (κ3) is 7.95. The largest absolute Gasteiger partial charge is 0.433 e. The molecule has 0 bridgehead atoms.